The molecule has 0 radical (unpaired) electrons. The first-order valence-electron chi connectivity index (χ1n) is 5.64. The Morgan fingerprint density at radius 2 is 2.39 bits per heavy atom. The van der Waals surface area contributed by atoms with Gasteiger partial charge in [-0.1, -0.05) is 0 Å². The van der Waals surface area contributed by atoms with Crippen LogP contribution in [0, 0.1) is 6.92 Å². The molecule has 0 saturated heterocycles. The van der Waals surface area contributed by atoms with Crippen molar-refractivity contribution >= 4 is 23.0 Å². The second kappa shape index (κ2) is 5.22. The summed E-state index contributed by atoms with van der Waals surface area (Å²) in [6, 6.07) is 1.65. The molecule has 0 saturated carbocycles. The highest BCUT2D eigenvalue weighted by molar-refractivity contribution is 7.14. The smallest absolute Gasteiger partial charge is 0.348 e. The fraction of sp³-hybridized carbons (Fsp3) is 0.333. The van der Waals surface area contributed by atoms with Crippen LogP contribution in [-0.2, 0) is 17.9 Å². The molecule has 2 aromatic heterocycles. The average molecular weight is 265 g/mol. The van der Waals surface area contributed by atoms with Crippen molar-refractivity contribution in [3.63, 3.8) is 0 Å². The number of nitrogens with two attached hydrogens (primary N) is 1. The zero-order valence-electron chi connectivity index (χ0n) is 10.3. The second-order valence-electron chi connectivity index (χ2n) is 3.90. The molecule has 0 spiro atoms. The van der Waals surface area contributed by atoms with Crippen LogP contribution in [0.5, 0.6) is 0 Å². The first kappa shape index (κ1) is 12.6. The molecule has 2 aromatic rings. The van der Waals surface area contributed by atoms with E-state index in [1.807, 2.05) is 20.0 Å². The summed E-state index contributed by atoms with van der Waals surface area (Å²) in [7, 11) is 0. The number of nitrogens with zero attached hydrogens (tertiary/aromatic N) is 2. The molecule has 96 valence electrons. The fourth-order valence-corrected chi connectivity index (χ4v) is 2.31. The van der Waals surface area contributed by atoms with Gasteiger partial charge in [0, 0.05) is 28.9 Å². The Bertz CT molecular complexity index is 540. The highest BCUT2D eigenvalue weighted by Crippen LogP contribution is 2.24. The molecular formula is C12H15N3O2S. The van der Waals surface area contributed by atoms with Gasteiger partial charge in [0.2, 0.25) is 0 Å². The maximum atomic E-state index is 11.8. The predicted molar refractivity (Wildman–Crippen MR) is 70.5 cm³/mol. The van der Waals surface area contributed by atoms with Crippen molar-refractivity contribution in [1.82, 2.24) is 9.78 Å². The monoisotopic (exact) mass is 265 g/mol. The van der Waals surface area contributed by atoms with Gasteiger partial charge in [-0.15, -0.1) is 11.3 Å². The van der Waals surface area contributed by atoms with E-state index >= 15 is 0 Å². The number of aromatic nitrogens is 2. The first-order valence-corrected chi connectivity index (χ1v) is 6.46. The fourth-order valence-electron chi connectivity index (χ4n) is 1.47. The Kier molecular flexibility index (Phi) is 3.66. The van der Waals surface area contributed by atoms with Crippen molar-refractivity contribution in [1.29, 1.82) is 0 Å². The summed E-state index contributed by atoms with van der Waals surface area (Å²) < 4.78 is 6.99. The summed E-state index contributed by atoms with van der Waals surface area (Å²) in [4.78, 5) is 13.2. The second-order valence-corrected chi connectivity index (χ2v) is 5.16. The van der Waals surface area contributed by atoms with Crippen molar-refractivity contribution in [2.75, 3.05) is 5.73 Å². The first-order chi connectivity index (χ1) is 8.60. The Morgan fingerprint density at radius 3 is 2.94 bits per heavy atom. The van der Waals surface area contributed by atoms with Crippen molar-refractivity contribution in [2.45, 2.75) is 27.0 Å². The summed E-state index contributed by atoms with van der Waals surface area (Å²) in [6.07, 6.45) is 3.56. The number of rotatable bonds is 4. The van der Waals surface area contributed by atoms with Gasteiger partial charge < -0.3 is 10.5 Å². The number of anilines is 1. The number of hydrogen-bond acceptors (Lipinski definition) is 5. The Morgan fingerprint density at radius 1 is 1.61 bits per heavy atom. The molecule has 0 atom stereocenters. The maximum absolute atomic E-state index is 11.8. The molecule has 0 aliphatic rings. The number of carbonyl (C=O) groups excluding carboxylic acids is 1. The summed E-state index contributed by atoms with van der Waals surface area (Å²) in [5, 5.41) is 4.11. The van der Waals surface area contributed by atoms with Gasteiger partial charge in [0.15, 0.2) is 0 Å². The van der Waals surface area contributed by atoms with Gasteiger partial charge in [-0.2, -0.15) is 5.10 Å². The van der Waals surface area contributed by atoms with E-state index < -0.39 is 0 Å². The minimum atomic E-state index is -0.343. The van der Waals surface area contributed by atoms with Crippen LogP contribution in [-0.4, -0.2) is 15.7 Å². The number of esters is 1. The third-order valence-corrected chi connectivity index (χ3v) is 3.58. The minimum Gasteiger partial charge on any atom is -0.457 e. The van der Waals surface area contributed by atoms with Gasteiger partial charge in [0.05, 0.1) is 6.20 Å². The van der Waals surface area contributed by atoms with Crippen molar-refractivity contribution in [3.8, 4) is 0 Å². The molecule has 2 N–H and O–H groups in total. The van der Waals surface area contributed by atoms with Crippen LogP contribution in [0.3, 0.4) is 0 Å². The lowest BCUT2D eigenvalue weighted by atomic mass is 10.3. The van der Waals surface area contributed by atoms with Crippen molar-refractivity contribution in [3.05, 3.63) is 33.8 Å². The van der Waals surface area contributed by atoms with E-state index in [2.05, 4.69) is 5.10 Å². The highest BCUT2D eigenvalue weighted by Gasteiger charge is 2.12. The SMILES string of the molecule is CCn1cc(COC(=O)c2cc(N)c(C)s2)cn1. The van der Waals surface area contributed by atoms with E-state index in [-0.39, 0.29) is 12.6 Å². The summed E-state index contributed by atoms with van der Waals surface area (Å²) >= 11 is 1.35. The quantitative estimate of drug-likeness (QED) is 0.860. The number of aryl methyl sites for hydroxylation is 2. The van der Waals surface area contributed by atoms with Gasteiger partial charge >= 0.3 is 5.97 Å². The van der Waals surface area contributed by atoms with E-state index in [1.54, 1.807) is 16.9 Å². The summed E-state index contributed by atoms with van der Waals surface area (Å²) in [6.45, 7) is 4.91. The number of thiophene rings is 1. The zero-order chi connectivity index (χ0) is 13.1. The number of nitrogen functional groups attached to an aromatic ring is 1. The van der Waals surface area contributed by atoms with Gasteiger partial charge in [-0.05, 0) is 19.9 Å². The molecular weight excluding hydrogens is 250 g/mol. The van der Waals surface area contributed by atoms with Gasteiger partial charge in [-0.25, -0.2) is 4.79 Å². The van der Waals surface area contributed by atoms with Crippen molar-refractivity contribution in [2.24, 2.45) is 0 Å². The lowest BCUT2D eigenvalue weighted by Crippen LogP contribution is -2.02. The molecule has 2 heterocycles. The third-order valence-electron chi connectivity index (χ3n) is 2.54. The summed E-state index contributed by atoms with van der Waals surface area (Å²) in [5.74, 6) is -0.343. The van der Waals surface area contributed by atoms with E-state index in [1.165, 1.54) is 11.3 Å². The van der Waals surface area contributed by atoms with Crippen molar-refractivity contribution < 1.29 is 9.53 Å². The molecule has 0 fully saturated rings. The topological polar surface area (TPSA) is 70.1 Å². The highest BCUT2D eigenvalue weighted by atomic mass is 32.1. The third kappa shape index (κ3) is 2.70. The number of ether oxygens (including phenoxy) is 1. The zero-order valence-corrected chi connectivity index (χ0v) is 11.2. The van der Waals surface area contributed by atoms with Crippen LogP contribution in [0.1, 0.15) is 27.0 Å². The van der Waals surface area contributed by atoms with E-state index in [4.69, 9.17) is 10.5 Å². The van der Waals surface area contributed by atoms with Crippen LogP contribution < -0.4 is 5.73 Å². The van der Waals surface area contributed by atoms with E-state index in [0.29, 0.717) is 10.6 Å². The number of hydrogen-bond donors (Lipinski definition) is 1. The van der Waals surface area contributed by atoms with Crippen LogP contribution >= 0.6 is 11.3 Å². The van der Waals surface area contributed by atoms with Gasteiger partial charge in [0.25, 0.3) is 0 Å². The molecule has 0 aromatic carbocycles. The molecule has 0 amide bonds. The molecule has 0 unspecified atom stereocenters. The Labute approximate surface area is 109 Å². The standard InChI is InChI=1S/C12H15N3O2S/c1-3-15-6-9(5-14-15)7-17-12(16)11-4-10(13)8(2)18-11/h4-6H,3,7,13H2,1-2H3. The van der Waals surface area contributed by atoms with Crippen LogP contribution in [0.2, 0.25) is 0 Å². The molecule has 18 heavy (non-hydrogen) atoms. The van der Waals surface area contributed by atoms with Gasteiger partial charge in [-0.3, -0.25) is 4.68 Å². The molecule has 5 nitrogen and oxygen atoms in total. The molecule has 6 heteroatoms. The molecule has 0 aliphatic heterocycles. The molecule has 0 aliphatic carbocycles. The largest absolute Gasteiger partial charge is 0.457 e. The predicted octanol–water partition coefficient (Wildman–Crippen LogP) is 2.21. The minimum absolute atomic E-state index is 0.232. The van der Waals surface area contributed by atoms with E-state index in [0.717, 1.165) is 17.0 Å². The normalized spacial score (nSPS) is 10.6. The van der Waals surface area contributed by atoms with Gasteiger partial charge in [0.1, 0.15) is 11.5 Å². The maximum Gasteiger partial charge on any atom is 0.348 e. The molecule has 0 bridgehead atoms. The lowest BCUT2D eigenvalue weighted by Gasteiger charge is -2.00. The lowest BCUT2D eigenvalue weighted by molar-refractivity contribution is 0.0478. The summed E-state index contributed by atoms with van der Waals surface area (Å²) in [5.41, 5.74) is 7.21. The van der Waals surface area contributed by atoms with Crippen LogP contribution in [0.25, 0.3) is 0 Å². The Balaban J connectivity index is 1.95. The van der Waals surface area contributed by atoms with Crippen LogP contribution in [0.4, 0.5) is 5.69 Å². The van der Waals surface area contributed by atoms with Crippen LogP contribution in [0.15, 0.2) is 18.5 Å². The molecule has 2 rings (SSSR count). The number of carbonyl (C=O) groups is 1. The van der Waals surface area contributed by atoms with E-state index in [9.17, 15) is 4.79 Å². The average Bonchev–Trinajstić information content (AvgIpc) is 2.94. The Hall–Kier alpha value is -1.82.